The molecule has 134 valence electrons. The Morgan fingerprint density at radius 2 is 1.96 bits per heavy atom. The SMILES string of the molecule is Cn1cncc1C(=O)NC1CCC(n2cc(-c3cnccn3)cn2)CC1. The van der Waals surface area contributed by atoms with Crippen molar-refractivity contribution in [1.29, 1.82) is 0 Å². The van der Waals surface area contributed by atoms with Gasteiger partial charge in [0.1, 0.15) is 5.69 Å². The molecule has 8 nitrogen and oxygen atoms in total. The molecule has 26 heavy (non-hydrogen) atoms. The minimum atomic E-state index is -0.0579. The minimum Gasteiger partial charge on any atom is -0.348 e. The second-order valence-electron chi connectivity index (χ2n) is 6.67. The van der Waals surface area contributed by atoms with Gasteiger partial charge in [-0.1, -0.05) is 0 Å². The fourth-order valence-electron chi connectivity index (χ4n) is 3.44. The van der Waals surface area contributed by atoms with Crippen LogP contribution in [-0.4, -0.2) is 41.2 Å². The van der Waals surface area contributed by atoms with Crippen LogP contribution in [0.5, 0.6) is 0 Å². The average molecular weight is 351 g/mol. The van der Waals surface area contributed by atoms with Crippen LogP contribution in [0.4, 0.5) is 0 Å². The molecule has 1 amide bonds. The van der Waals surface area contributed by atoms with E-state index in [1.165, 1.54) is 0 Å². The molecular weight excluding hydrogens is 330 g/mol. The molecule has 0 atom stereocenters. The van der Waals surface area contributed by atoms with Crippen molar-refractivity contribution in [1.82, 2.24) is 34.6 Å². The lowest BCUT2D eigenvalue weighted by Crippen LogP contribution is -2.38. The molecule has 0 bridgehead atoms. The fourth-order valence-corrected chi connectivity index (χ4v) is 3.44. The van der Waals surface area contributed by atoms with E-state index in [1.807, 2.05) is 24.1 Å². The van der Waals surface area contributed by atoms with Crippen LogP contribution in [-0.2, 0) is 7.05 Å². The largest absolute Gasteiger partial charge is 0.348 e. The Hall–Kier alpha value is -3.03. The van der Waals surface area contributed by atoms with Crippen molar-refractivity contribution < 1.29 is 4.79 Å². The third-order valence-electron chi connectivity index (χ3n) is 4.92. The summed E-state index contributed by atoms with van der Waals surface area (Å²) in [5, 5.41) is 7.62. The summed E-state index contributed by atoms with van der Waals surface area (Å²) in [5.74, 6) is -0.0579. The van der Waals surface area contributed by atoms with Gasteiger partial charge in [-0.2, -0.15) is 5.10 Å². The monoisotopic (exact) mass is 351 g/mol. The Morgan fingerprint density at radius 1 is 1.12 bits per heavy atom. The standard InChI is InChI=1S/C18H21N7O/c1-24-12-20-10-17(24)18(26)23-14-2-4-15(5-3-14)25-11-13(8-22-25)16-9-19-6-7-21-16/h6-12,14-15H,2-5H2,1H3,(H,23,26). The molecule has 1 aliphatic rings. The maximum atomic E-state index is 12.3. The van der Waals surface area contributed by atoms with E-state index in [4.69, 9.17) is 0 Å². The highest BCUT2D eigenvalue weighted by atomic mass is 16.2. The number of aryl methyl sites for hydroxylation is 1. The van der Waals surface area contributed by atoms with E-state index >= 15 is 0 Å². The first-order valence-electron chi connectivity index (χ1n) is 8.78. The van der Waals surface area contributed by atoms with E-state index in [-0.39, 0.29) is 11.9 Å². The van der Waals surface area contributed by atoms with Crippen molar-refractivity contribution in [3.05, 3.63) is 49.2 Å². The van der Waals surface area contributed by atoms with Gasteiger partial charge < -0.3 is 9.88 Å². The molecule has 8 heteroatoms. The van der Waals surface area contributed by atoms with Gasteiger partial charge in [-0.15, -0.1) is 0 Å². The number of nitrogens with zero attached hydrogens (tertiary/aromatic N) is 6. The van der Waals surface area contributed by atoms with E-state index in [0.717, 1.165) is 36.9 Å². The molecular formula is C18H21N7O. The number of amides is 1. The van der Waals surface area contributed by atoms with Gasteiger partial charge in [-0.05, 0) is 25.7 Å². The molecule has 1 saturated carbocycles. The zero-order valence-corrected chi connectivity index (χ0v) is 14.6. The molecule has 0 spiro atoms. The summed E-state index contributed by atoms with van der Waals surface area (Å²) < 4.78 is 3.75. The van der Waals surface area contributed by atoms with Crippen LogP contribution in [0.2, 0.25) is 0 Å². The molecule has 4 rings (SSSR count). The van der Waals surface area contributed by atoms with Crippen LogP contribution < -0.4 is 5.32 Å². The zero-order chi connectivity index (χ0) is 17.9. The molecule has 0 aromatic carbocycles. The first-order valence-corrected chi connectivity index (χ1v) is 8.78. The number of carbonyl (C=O) groups excluding carboxylic acids is 1. The van der Waals surface area contributed by atoms with Gasteiger partial charge in [-0.3, -0.25) is 19.4 Å². The summed E-state index contributed by atoms with van der Waals surface area (Å²) in [5.41, 5.74) is 2.40. The third kappa shape index (κ3) is 3.35. The number of imidazole rings is 1. The minimum absolute atomic E-state index is 0.0579. The Labute approximate surface area is 151 Å². The molecule has 1 N–H and O–H groups in total. The molecule has 3 aromatic rings. The zero-order valence-electron chi connectivity index (χ0n) is 14.6. The van der Waals surface area contributed by atoms with E-state index in [1.54, 1.807) is 35.7 Å². The molecule has 0 unspecified atom stereocenters. The molecule has 0 saturated heterocycles. The van der Waals surface area contributed by atoms with E-state index in [0.29, 0.717) is 11.7 Å². The summed E-state index contributed by atoms with van der Waals surface area (Å²) in [6.07, 6.45) is 16.0. The number of carbonyl (C=O) groups is 1. The Bertz CT molecular complexity index is 878. The van der Waals surface area contributed by atoms with Gasteiger partial charge in [0.15, 0.2) is 0 Å². The normalized spacial score (nSPS) is 20.0. The summed E-state index contributed by atoms with van der Waals surface area (Å²) in [6, 6.07) is 0.550. The predicted molar refractivity (Wildman–Crippen MR) is 95.2 cm³/mol. The summed E-state index contributed by atoms with van der Waals surface area (Å²) >= 11 is 0. The first kappa shape index (κ1) is 16.4. The highest BCUT2D eigenvalue weighted by Gasteiger charge is 2.25. The Morgan fingerprint density at radius 3 is 2.65 bits per heavy atom. The predicted octanol–water partition coefficient (Wildman–Crippen LogP) is 1.99. The van der Waals surface area contributed by atoms with Crippen molar-refractivity contribution in [2.45, 2.75) is 37.8 Å². The number of aromatic nitrogens is 6. The number of hydrogen-bond donors (Lipinski definition) is 1. The second-order valence-corrected chi connectivity index (χ2v) is 6.67. The molecule has 3 aromatic heterocycles. The average Bonchev–Trinajstić information content (AvgIpc) is 3.32. The van der Waals surface area contributed by atoms with Gasteiger partial charge in [0, 0.05) is 37.2 Å². The van der Waals surface area contributed by atoms with Gasteiger partial charge >= 0.3 is 0 Å². The Balaban J connectivity index is 1.35. The highest BCUT2D eigenvalue weighted by Crippen LogP contribution is 2.29. The smallest absolute Gasteiger partial charge is 0.269 e. The molecule has 3 heterocycles. The second kappa shape index (κ2) is 7.07. The van der Waals surface area contributed by atoms with Crippen molar-refractivity contribution >= 4 is 5.91 Å². The quantitative estimate of drug-likeness (QED) is 0.776. The van der Waals surface area contributed by atoms with Gasteiger partial charge in [0.25, 0.3) is 5.91 Å². The van der Waals surface area contributed by atoms with Gasteiger partial charge in [0.2, 0.25) is 0 Å². The summed E-state index contributed by atoms with van der Waals surface area (Å²) in [6.45, 7) is 0. The van der Waals surface area contributed by atoms with Crippen LogP contribution in [0.25, 0.3) is 11.3 Å². The molecule has 1 fully saturated rings. The van der Waals surface area contributed by atoms with Crippen LogP contribution in [0.15, 0.2) is 43.5 Å². The molecule has 0 radical (unpaired) electrons. The van der Waals surface area contributed by atoms with Crippen LogP contribution in [0.1, 0.15) is 42.2 Å². The fraction of sp³-hybridized carbons (Fsp3) is 0.389. The summed E-state index contributed by atoms with van der Waals surface area (Å²) in [4.78, 5) is 24.7. The maximum absolute atomic E-state index is 12.3. The van der Waals surface area contributed by atoms with Gasteiger partial charge in [-0.25, -0.2) is 4.98 Å². The topological polar surface area (TPSA) is 90.5 Å². The third-order valence-corrected chi connectivity index (χ3v) is 4.92. The van der Waals surface area contributed by atoms with Crippen LogP contribution in [0.3, 0.4) is 0 Å². The van der Waals surface area contributed by atoms with Crippen LogP contribution in [0, 0.1) is 0 Å². The van der Waals surface area contributed by atoms with E-state index in [2.05, 4.69) is 25.4 Å². The molecule has 1 aliphatic carbocycles. The maximum Gasteiger partial charge on any atom is 0.269 e. The number of nitrogens with one attached hydrogen (secondary N) is 1. The number of hydrogen-bond acceptors (Lipinski definition) is 5. The lowest BCUT2D eigenvalue weighted by atomic mass is 9.91. The van der Waals surface area contributed by atoms with E-state index in [9.17, 15) is 4.79 Å². The lowest BCUT2D eigenvalue weighted by molar-refractivity contribution is 0.0913. The lowest BCUT2D eigenvalue weighted by Gasteiger charge is -2.29. The molecule has 0 aliphatic heterocycles. The van der Waals surface area contributed by atoms with Crippen molar-refractivity contribution in [3.8, 4) is 11.3 Å². The van der Waals surface area contributed by atoms with Crippen LogP contribution >= 0.6 is 0 Å². The van der Waals surface area contributed by atoms with E-state index < -0.39 is 0 Å². The van der Waals surface area contributed by atoms with Crippen molar-refractivity contribution in [3.63, 3.8) is 0 Å². The van der Waals surface area contributed by atoms with Crippen molar-refractivity contribution in [2.24, 2.45) is 7.05 Å². The summed E-state index contributed by atoms with van der Waals surface area (Å²) in [7, 11) is 1.82. The number of rotatable bonds is 4. The Kier molecular flexibility index (Phi) is 4.47. The highest BCUT2D eigenvalue weighted by molar-refractivity contribution is 5.92. The van der Waals surface area contributed by atoms with Crippen molar-refractivity contribution in [2.75, 3.05) is 0 Å². The first-order chi connectivity index (χ1) is 12.7. The van der Waals surface area contributed by atoms with Gasteiger partial charge in [0.05, 0.1) is 36.7 Å².